The van der Waals surface area contributed by atoms with Crippen LogP contribution in [0.2, 0.25) is 0 Å². The summed E-state index contributed by atoms with van der Waals surface area (Å²) in [6.07, 6.45) is 3.48. The fraction of sp³-hybridized carbons (Fsp3) is 0. The van der Waals surface area contributed by atoms with Gasteiger partial charge >= 0.3 is 0 Å². The van der Waals surface area contributed by atoms with Gasteiger partial charge in [0.2, 0.25) is 0 Å². The lowest BCUT2D eigenvalue weighted by Crippen LogP contribution is -2.00. The van der Waals surface area contributed by atoms with Crippen LogP contribution in [0.5, 0.6) is 0 Å². The molecule has 2 aromatic carbocycles. The van der Waals surface area contributed by atoms with E-state index in [9.17, 15) is 4.79 Å². The summed E-state index contributed by atoms with van der Waals surface area (Å²) in [6, 6.07) is 18.6. The van der Waals surface area contributed by atoms with Gasteiger partial charge in [-0.15, -0.1) is 0 Å². The number of fused-ring (bicyclic) bond motifs is 1. The Hall–Kier alpha value is -3.27. The second kappa shape index (κ2) is 5.50. The minimum atomic E-state index is 0.00466. The van der Waals surface area contributed by atoms with Gasteiger partial charge in [0.25, 0.3) is 0 Å². The number of carbonyl (C=O) groups is 1. The molecule has 4 rings (SSSR count). The van der Waals surface area contributed by atoms with Crippen molar-refractivity contribution in [2.24, 2.45) is 0 Å². The molecule has 2 heterocycles. The maximum atomic E-state index is 12.5. The lowest BCUT2D eigenvalue weighted by atomic mass is 10.0. The fourth-order valence-electron chi connectivity index (χ4n) is 2.55. The second-order valence-corrected chi connectivity index (χ2v) is 5.25. The molecular weight excluding hydrogens is 286 g/mol. The largest absolute Gasteiger partial charge is 0.338 e. The van der Waals surface area contributed by atoms with Gasteiger partial charge in [0.15, 0.2) is 5.78 Å². The second-order valence-electron chi connectivity index (χ2n) is 5.25. The molecule has 0 saturated heterocycles. The normalized spacial score (nSPS) is 10.8. The highest BCUT2D eigenvalue weighted by molar-refractivity contribution is 6.10. The maximum Gasteiger partial charge on any atom is 0.193 e. The van der Waals surface area contributed by atoms with E-state index < -0.39 is 0 Å². The molecule has 0 unspecified atom stereocenters. The molecule has 110 valence electrons. The van der Waals surface area contributed by atoms with E-state index in [1.807, 2.05) is 60.7 Å². The average Bonchev–Trinajstić information content (AvgIpc) is 3.06. The molecule has 0 bridgehead atoms. The van der Waals surface area contributed by atoms with Crippen LogP contribution in [0.3, 0.4) is 0 Å². The maximum absolute atomic E-state index is 12.5. The van der Waals surface area contributed by atoms with Crippen molar-refractivity contribution in [3.05, 3.63) is 84.2 Å². The predicted molar refractivity (Wildman–Crippen MR) is 89.2 cm³/mol. The number of aromatic nitrogens is 3. The molecule has 0 atom stereocenters. The van der Waals surface area contributed by atoms with Crippen LogP contribution in [0, 0.1) is 0 Å². The zero-order valence-electron chi connectivity index (χ0n) is 12.2. The number of benzene rings is 2. The molecule has 0 aliphatic heterocycles. The Morgan fingerprint density at radius 2 is 1.78 bits per heavy atom. The highest BCUT2D eigenvalue weighted by atomic mass is 16.1. The molecular formula is C19H13N3O. The molecule has 4 heteroatoms. The topological polar surface area (TPSA) is 58.6 Å². The number of hydrogen-bond donors (Lipinski definition) is 1. The zero-order valence-corrected chi connectivity index (χ0v) is 12.2. The Morgan fingerprint density at radius 3 is 2.57 bits per heavy atom. The van der Waals surface area contributed by atoms with E-state index in [0.717, 1.165) is 22.4 Å². The van der Waals surface area contributed by atoms with Crippen molar-refractivity contribution < 1.29 is 4.79 Å². The van der Waals surface area contributed by atoms with Crippen LogP contribution >= 0.6 is 0 Å². The Kier molecular flexibility index (Phi) is 3.20. The van der Waals surface area contributed by atoms with Crippen molar-refractivity contribution in [1.29, 1.82) is 0 Å². The summed E-state index contributed by atoms with van der Waals surface area (Å²) < 4.78 is 0. The van der Waals surface area contributed by atoms with Gasteiger partial charge < -0.3 is 4.98 Å². The number of ketones is 1. The first-order valence-corrected chi connectivity index (χ1v) is 7.31. The van der Waals surface area contributed by atoms with Crippen molar-refractivity contribution in [1.82, 2.24) is 15.0 Å². The summed E-state index contributed by atoms with van der Waals surface area (Å²) in [7, 11) is 0. The van der Waals surface area contributed by atoms with Crippen LogP contribution in [-0.2, 0) is 0 Å². The standard InChI is InChI=1S/C19H13N3O/c23-18(13-5-2-1-3-6-13)14-8-9-16-17(11-14)22-19(21-16)15-7-4-10-20-12-15/h1-12H,(H,21,22). The molecule has 0 radical (unpaired) electrons. The van der Waals surface area contributed by atoms with Crippen molar-refractivity contribution in [3.63, 3.8) is 0 Å². The molecule has 0 fully saturated rings. The van der Waals surface area contributed by atoms with Gasteiger partial charge in [0.1, 0.15) is 5.82 Å². The SMILES string of the molecule is O=C(c1ccccc1)c1ccc2nc(-c3cccnc3)[nH]c2c1. The van der Waals surface area contributed by atoms with Gasteiger partial charge in [-0.3, -0.25) is 9.78 Å². The summed E-state index contributed by atoms with van der Waals surface area (Å²) >= 11 is 0. The van der Waals surface area contributed by atoms with Crippen molar-refractivity contribution >= 4 is 16.8 Å². The zero-order chi connectivity index (χ0) is 15.6. The van der Waals surface area contributed by atoms with E-state index in [1.54, 1.807) is 12.4 Å². The van der Waals surface area contributed by atoms with E-state index in [-0.39, 0.29) is 5.78 Å². The Bertz CT molecular complexity index is 975. The van der Waals surface area contributed by atoms with Gasteiger partial charge in [-0.25, -0.2) is 4.98 Å². The fourth-order valence-corrected chi connectivity index (χ4v) is 2.55. The third-order valence-corrected chi connectivity index (χ3v) is 3.72. The molecule has 0 saturated carbocycles. The average molecular weight is 299 g/mol. The van der Waals surface area contributed by atoms with E-state index in [4.69, 9.17) is 0 Å². The smallest absolute Gasteiger partial charge is 0.193 e. The predicted octanol–water partition coefficient (Wildman–Crippen LogP) is 3.86. The van der Waals surface area contributed by atoms with E-state index in [1.165, 1.54) is 0 Å². The first kappa shape index (κ1) is 13.4. The molecule has 23 heavy (non-hydrogen) atoms. The van der Waals surface area contributed by atoms with Crippen LogP contribution in [0.1, 0.15) is 15.9 Å². The van der Waals surface area contributed by atoms with Crippen molar-refractivity contribution in [2.45, 2.75) is 0 Å². The molecule has 1 N–H and O–H groups in total. The highest BCUT2D eigenvalue weighted by Gasteiger charge is 2.11. The minimum Gasteiger partial charge on any atom is -0.338 e. The van der Waals surface area contributed by atoms with Crippen LogP contribution < -0.4 is 0 Å². The number of rotatable bonds is 3. The summed E-state index contributed by atoms with van der Waals surface area (Å²) in [5.41, 5.74) is 3.91. The summed E-state index contributed by atoms with van der Waals surface area (Å²) in [5, 5.41) is 0. The molecule has 0 amide bonds. The number of pyridine rings is 1. The lowest BCUT2D eigenvalue weighted by molar-refractivity contribution is 0.103. The molecule has 4 nitrogen and oxygen atoms in total. The number of H-pyrrole nitrogens is 1. The van der Waals surface area contributed by atoms with Crippen molar-refractivity contribution in [2.75, 3.05) is 0 Å². The first-order chi connectivity index (χ1) is 11.3. The minimum absolute atomic E-state index is 0.00466. The number of nitrogens with zero attached hydrogens (tertiary/aromatic N) is 2. The van der Waals surface area contributed by atoms with E-state index in [0.29, 0.717) is 11.1 Å². The van der Waals surface area contributed by atoms with E-state index in [2.05, 4.69) is 15.0 Å². The summed E-state index contributed by atoms with van der Waals surface area (Å²) in [4.78, 5) is 24.4. The Labute approximate surface area is 132 Å². The number of nitrogens with one attached hydrogen (secondary N) is 1. The summed E-state index contributed by atoms with van der Waals surface area (Å²) in [6.45, 7) is 0. The molecule has 4 aromatic rings. The van der Waals surface area contributed by atoms with Gasteiger partial charge in [-0.05, 0) is 30.3 Å². The third-order valence-electron chi connectivity index (χ3n) is 3.72. The first-order valence-electron chi connectivity index (χ1n) is 7.31. The molecule has 0 spiro atoms. The number of hydrogen-bond acceptors (Lipinski definition) is 3. The van der Waals surface area contributed by atoms with Crippen LogP contribution in [-0.4, -0.2) is 20.7 Å². The molecule has 2 aromatic heterocycles. The quantitative estimate of drug-likeness (QED) is 0.584. The number of imidazole rings is 1. The monoisotopic (exact) mass is 299 g/mol. The van der Waals surface area contributed by atoms with Gasteiger partial charge in [0.05, 0.1) is 11.0 Å². The van der Waals surface area contributed by atoms with Crippen LogP contribution in [0.4, 0.5) is 0 Å². The highest BCUT2D eigenvalue weighted by Crippen LogP contribution is 2.21. The van der Waals surface area contributed by atoms with Crippen LogP contribution in [0.25, 0.3) is 22.4 Å². The molecule has 0 aliphatic carbocycles. The van der Waals surface area contributed by atoms with Crippen molar-refractivity contribution in [3.8, 4) is 11.4 Å². The summed E-state index contributed by atoms with van der Waals surface area (Å²) in [5.74, 6) is 0.752. The van der Waals surface area contributed by atoms with Gasteiger partial charge in [-0.1, -0.05) is 30.3 Å². The molecule has 0 aliphatic rings. The number of aromatic amines is 1. The third kappa shape index (κ3) is 2.51. The van der Waals surface area contributed by atoms with Gasteiger partial charge in [0, 0.05) is 29.1 Å². The lowest BCUT2D eigenvalue weighted by Gasteiger charge is -2.00. The Morgan fingerprint density at radius 1 is 0.913 bits per heavy atom. The van der Waals surface area contributed by atoms with E-state index >= 15 is 0 Å². The Balaban J connectivity index is 1.75. The van der Waals surface area contributed by atoms with Gasteiger partial charge in [-0.2, -0.15) is 0 Å². The van der Waals surface area contributed by atoms with Crippen LogP contribution in [0.15, 0.2) is 73.1 Å². The number of carbonyl (C=O) groups excluding carboxylic acids is 1.